The Balaban J connectivity index is 1.54. The summed E-state index contributed by atoms with van der Waals surface area (Å²) in [5.74, 6) is 0.902. The molecule has 1 fully saturated rings. The lowest BCUT2D eigenvalue weighted by molar-refractivity contribution is 0.0934. The first-order chi connectivity index (χ1) is 10.8. The molecule has 1 amide bonds. The monoisotopic (exact) mass is 338 g/mol. The first-order valence-corrected chi connectivity index (χ1v) is 8.93. The number of piperidine rings is 1. The molecule has 1 aliphatic heterocycles. The first-order valence-electron chi connectivity index (χ1n) is 7.42. The van der Waals surface area contributed by atoms with Crippen LogP contribution in [0.2, 0.25) is 0 Å². The Labute approximate surface area is 137 Å². The van der Waals surface area contributed by atoms with Crippen LogP contribution in [-0.2, 0) is 6.42 Å². The van der Waals surface area contributed by atoms with E-state index in [1.54, 1.807) is 6.20 Å². The van der Waals surface area contributed by atoms with E-state index in [1.165, 1.54) is 23.3 Å². The third kappa shape index (κ3) is 3.41. The average molecular weight is 338 g/mol. The van der Waals surface area contributed by atoms with Gasteiger partial charge in [0.25, 0.3) is 5.91 Å². The van der Waals surface area contributed by atoms with Gasteiger partial charge >= 0.3 is 0 Å². The first kappa shape index (κ1) is 15.3. The van der Waals surface area contributed by atoms with Gasteiger partial charge in [0.1, 0.15) is 4.88 Å². The Morgan fingerprint density at radius 2 is 2.27 bits per heavy atom. The van der Waals surface area contributed by atoms with Crippen LogP contribution < -0.4 is 10.2 Å². The van der Waals surface area contributed by atoms with Crippen molar-refractivity contribution in [2.45, 2.75) is 38.6 Å². The molecule has 0 atom stereocenters. The van der Waals surface area contributed by atoms with Crippen molar-refractivity contribution in [1.82, 2.24) is 23.7 Å². The van der Waals surface area contributed by atoms with Crippen LogP contribution in [0.3, 0.4) is 0 Å². The van der Waals surface area contributed by atoms with Crippen LogP contribution in [0.4, 0.5) is 5.82 Å². The summed E-state index contributed by atoms with van der Waals surface area (Å²) in [5.41, 5.74) is 0.816. The Bertz CT molecular complexity index is 606. The molecule has 0 saturated carbocycles. The van der Waals surface area contributed by atoms with Gasteiger partial charge in [-0.3, -0.25) is 4.79 Å². The van der Waals surface area contributed by atoms with Crippen molar-refractivity contribution < 1.29 is 4.79 Å². The molecule has 0 aliphatic carbocycles. The normalized spacial score (nSPS) is 16.0. The van der Waals surface area contributed by atoms with Crippen molar-refractivity contribution in [3.8, 4) is 0 Å². The number of aromatic nitrogens is 4. The Morgan fingerprint density at radius 3 is 2.95 bits per heavy atom. The maximum absolute atomic E-state index is 12.4. The van der Waals surface area contributed by atoms with Gasteiger partial charge in [0, 0.05) is 19.1 Å². The van der Waals surface area contributed by atoms with Crippen LogP contribution in [0.15, 0.2) is 6.20 Å². The largest absolute Gasteiger partial charge is 0.354 e. The van der Waals surface area contributed by atoms with E-state index in [-0.39, 0.29) is 11.9 Å². The van der Waals surface area contributed by atoms with Gasteiger partial charge in [-0.1, -0.05) is 17.8 Å². The van der Waals surface area contributed by atoms with Crippen molar-refractivity contribution in [2.24, 2.45) is 0 Å². The number of aryl methyl sites for hydroxylation is 1. The van der Waals surface area contributed by atoms with E-state index in [4.69, 9.17) is 0 Å². The van der Waals surface area contributed by atoms with E-state index in [0.29, 0.717) is 4.88 Å². The van der Waals surface area contributed by atoms with Crippen molar-refractivity contribution >= 4 is 35.0 Å². The second kappa shape index (κ2) is 7.10. The maximum atomic E-state index is 12.4. The molecule has 1 N–H and O–H groups in total. The van der Waals surface area contributed by atoms with Crippen molar-refractivity contribution in [3.63, 3.8) is 0 Å². The SMILES string of the molecule is CCCc1nnsc1C(=O)NC1CCN(c2cnsn2)CC1. The molecule has 0 aromatic carbocycles. The summed E-state index contributed by atoms with van der Waals surface area (Å²) in [6.07, 6.45) is 5.39. The topological polar surface area (TPSA) is 83.9 Å². The lowest BCUT2D eigenvalue weighted by atomic mass is 10.0. The van der Waals surface area contributed by atoms with Crippen LogP contribution in [0.25, 0.3) is 0 Å². The molecule has 22 heavy (non-hydrogen) atoms. The third-order valence-electron chi connectivity index (χ3n) is 3.75. The van der Waals surface area contributed by atoms with E-state index in [9.17, 15) is 4.79 Å². The quantitative estimate of drug-likeness (QED) is 0.894. The smallest absolute Gasteiger partial charge is 0.265 e. The van der Waals surface area contributed by atoms with Crippen molar-refractivity contribution in [3.05, 3.63) is 16.8 Å². The highest BCUT2D eigenvalue weighted by Gasteiger charge is 2.24. The lowest BCUT2D eigenvalue weighted by Gasteiger charge is -2.32. The molecular formula is C13H18N6OS2. The number of rotatable bonds is 5. The predicted molar refractivity (Wildman–Crippen MR) is 86.5 cm³/mol. The highest BCUT2D eigenvalue weighted by atomic mass is 32.1. The van der Waals surface area contributed by atoms with Gasteiger partial charge in [-0.25, -0.2) is 0 Å². The second-order valence-electron chi connectivity index (χ2n) is 5.30. The average Bonchev–Trinajstić information content (AvgIpc) is 3.19. The fraction of sp³-hybridized carbons (Fsp3) is 0.615. The third-order valence-corrected chi connectivity index (χ3v) is 4.99. The summed E-state index contributed by atoms with van der Waals surface area (Å²) < 4.78 is 12.2. The van der Waals surface area contributed by atoms with Crippen LogP contribution >= 0.6 is 23.3 Å². The fourth-order valence-corrected chi connectivity index (χ4v) is 3.63. The zero-order valence-corrected chi connectivity index (χ0v) is 14.0. The molecule has 0 unspecified atom stereocenters. The second-order valence-corrected chi connectivity index (χ2v) is 6.61. The van der Waals surface area contributed by atoms with Gasteiger partial charge in [0.05, 0.1) is 23.6 Å². The zero-order valence-electron chi connectivity index (χ0n) is 12.4. The number of anilines is 1. The van der Waals surface area contributed by atoms with E-state index >= 15 is 0 Å². The molecule has 7 nitrogen and oxygen atoms in total. The summed E-state index contributed by atoms with van der Waals surface area (Å²) in [5, 5.41) is 7.17. The molecule has 3 heterocycles. The van der Waals surface area contributed by atoms with Gasteiger partial charge in [0.15, 0.2) is 5.82 Å². The molecule has 3 rings (SSSR count). The minimum Gasteiger partial charge on any atom is -0.354 e. The molecule has 2 aromatic heterocycles. The van der Waals surface area contributed by atoms with Crippen molar-refractivity contribution in [1.29, 1.82) is 0 Å². The predicted octanol–water partition coefficient (Wildman–Crippen LogP) is 1.74. The molecule has 0 bridgehead atoms. The Morgan fingerprint density at radius 1 is 1.45 bits per heavy atom. The van der Waals surface area contributed by atoms with Crippen LogP contribution in [0.5, 0.6) is 0 Å². The summed E-state index contributed by atoms with van der Waals surface area (Å²) in [6, 6.07) is 0.201. The molecular weight excluding hydrogens is 320 g/mol. The van der Waals surface area contributed by atoms with E-state index < -0.39 is 0 Å². The fourth-order valence-electron chi connectivity index (χ4n) is 2.58. The minimum atomic E-state index is -0.0350. The van der Waals surface area contributed by atoms with Crippen LogP contribution in [-0.4, -0.2) is 43.4 Å². The summed E-state index contributed by atoms with van der Waals surface area (Å²) in [6.45, 7) is 3.85. The molecule has 0 spiro atoms. The number of carbonyl (C=O) groups is 1. The van der Waals surface area contributed by atoms with Gasteiger partial charge in [0.2, 0.25) is 0 Å². The maximum Gasteiger partial charge on any atom is 0.265 e. The Kier molecular flexibility index (Phi) is 4.94. The number of hydrogen-bond donors (Lipinski definition) is 1. The Hall–Kier alpha value is -1.61. The number of nitrogens with zero attached hydrogens (tertiary/aromatic N) is 5. The van der Waals surface area contributed by atoms with Crippen molar-refractivity contribution in [2.75, 3.05) is 18.0 Å². The number of nitrogens with one attached hydrogen (secondary N) is 1. The van der Waals surface area contributed by atoms with E-state index in [0.717, 1.165) is 50.3 Å². The standard InChI is InChI=1S/C13H18N6OS2/c1-2-3-10-12(21-18-16-10)13(20)15-9-4-6-19(7-5-9)11-8-14-22-17-11/h8-9H,2-7H2,1H3,(H,15,20). The number of amides is 1. The highest BCUT2D eigenvalue weighted by Crippen LogP contribution is 2.19. The molecule has 0 radical (unpaired) electrons. The number of carbonyl (C=O) groups excluding carboxylic acids is 1. The minimum absolute atomic E-state index is 0.0350. The van der Waals surface area contributed by atoms with Crippen LogP contribution in [0.1, 0.15) is 41.6 Å². The molecule has 2 aromatic rings. The van der Waals surface area contributed by atoms with Crippen LogP contribution in [0, 0.1) is 0 Å². The molecule has 1 aliphatic rings. The van der Waals surface area contributed by atoms with Gasteiger partial charge < -0.3 is 10.2 Å². The highest BCUT2D eigenvalue weighted by molar-refractivity contribution is 7.08. The summed E-state index contributed by atoms with van der Waals surface area (Å²) >= 11 is 2.41. The number of hydrogen-bond acceptors (Lipinski definition) is 8. The molecule has 9 heteroatoms. The summed E-state index contributed by atoms with van der Waals surface area (Å²) in [4.78, 5) is 15.2. The summed E-state index contributed by atoms with van der Waals surface area (Å²) in [7, 11) is 0. The zero-order chi connectivity index (χ0) is 15.4. The van der Waals surface area contributed by atoms with E-state index in [2.05, 4.69) is 35.5 Å². The lowest BCUT2D eigenvalue weighted by Crippen LogP contribution is -2.44. The van der Waals surface area contributed by atoms with Gasteiger partial charge in [-0.05, 0) is 30.8 Å². The van der Waals surface area contributed by atoms with Gasteiger partial charge in [-0.2, -0.15) is 8.75 Å². The molecule has 118 valence electrons. The molecule has 1 saturated heterocycles. The van der Waals surface area contributed by atoms with E-state index in [1.807, 2.05) is 0 Å². The van der Waals surface area contributed by atoms with Gasteiger partial charge in [-0.15, -0.1) is 5.10 Å².